The molecule has 3 heterocycles. The summed E-state index contributed by atoms with van der Waals surface area (Å²) >= 11 is 0. The number of benzene rings is 1. The number of hydrogen-bond acceptors (Lipinski definition) is 2. The number of aryl methyl sites for hydroxylation is 1. The van der Waals surface area contributed by atoms with Gasteiger partial charge in [0.25, 0.3) is 0 Å². The van der Waals surface area contributed by atoms with Crippen LogP contribution in [0.15, 0.2) is 30.3 Å². The molecule has 1 aromatic carbocycles. The molecule has 2 aromatic rings. The third-order valence-corrected chi connectivity index (χ3v) is 7.36. The van der Waals surface area contributed by atoms with E-state index in [1.54, 1.807) is 0 Å². The van der Waals surface area contributed by atoms with E-state index in [2.05, 4.69) is 62.9 Å². The van der Waals surface area contributed by atoms with Gasteiger partial charge in [-0.25, -0.2) is 0 Å². The zero-order chi connectivity index (χ0) is 19.0. The molecule has 3 unspecified atom stereocenters. The maximum absolute atomic E-state index is 4.75. The van der Waals surface area contributed by atoms with Crippen LogP contribution in [-0.4, -0.2) is 29.0 Å². The first kappa shape index (κ1) is 18.9. The summed E-state index contributed by atoms with van der Waals surface area (Å²) in [5, 5.41) is 1.33. The van der Waals surface area contributed by atoms with Crippen molar-refractivity contribution in [2.24, 2.45) is 11.8 Å². The Morgan fingerprint density at radius 3 is 2.78 bits per heavy atom. The van der Waals surface area contributed by atoms with Crippen molar-refractivity contribution < 1.29 is 0 Å². The van der Waals surface area contributed by atoms with Gasteiger partial charge < -0.3 is 4.90 Å². The molecule has 2 nitrogen and oxygen atoms in total. The van der Waals surface area contributed by atoms with Crippen LogP contribution in [0.25, 0.3) is 10.9 Å². The van der Waals surface area contributed by atoms with Gasteiger partial charge in [-0.1, -0.05) is 45.4 Å². The number of pyridine rings is 1. The fraction of sp³-hybridized carbons (Fsp3) is 0.640. The number of fused-ring (bicyclic) bond motifs is 5. The molecule has 3 atom stereocenters. The van der Waals surface area contributed by atoms with E-state index < -0.39 is 0 Å². The fourth-order valence-electron chi connectivity index (χ4n) is 5.63. The van der Waals surface area contributed by atoms with Crippen molar-refractivity contribution in [1.82, 2.24) is 9.88 Å². The van der Waals surface area contributed by atoms with E-state index in [4.69, 9.17) is 4.98 Å². The van der Waals surface area contributed by atoms with Crippen LogP contribution in [-0.2, 0) is 5.41 Å². The SMILES string of the molecule is CCC1CC2CCC(C1)N(CCC(C)(C)c1cc(C)nc3ccccc13)C2. The van der Waals surface area contributed by atoms with Gasteiger partial charge in [-0.05, 0) is 80.5 Å². The van der Waals surface area contributed by atoms with E-state index in [0.29, 0.717) is 0 Å². The van der Waals surface area contributed by atoms with Crippen LogP contribution in [0.3, 0.4) is 0 Å². The molecular formula is C25H36N2. The molecule has 2 saturated heterocycles. The Morgan fingerprint density at radius 2 is 1.96 bits per heavy atom. The predicted molar refractivity (Wildman–Crippen MR) is 115 cm³/mol. The average Bonchev–Trinajstić information content (AvgIpc) is 2.97. The van der Waals surface area contributed by atoms with Crippen molar-refractivity contribution in [1.29, 1.82) is 0 Å². The highest BCUT2D eigenvalue weighted by Gasteiger charge is 2.36. The van der Waals surface area contributed by atoms with Gasteiger partial charge in [0.15, 0.2) is 0 Å². The first-order valence-electron chi connectivity index (χ1n) is 11.1. The normalized spacial score (nSPS) is 26.4. The average molecular weight is 365 g/mol. The number of nitrogens with zero attached hydrogens (tertiary/aromatic N) is 2. The van der Waals surface area contributed by atoms with E-state index in [-0.39, 0.29) is 5.41 Å². The molecule has 1 aliphatic carbocycles. The molecule has 2 heteroatoms. The highest BCUT2D eigenvalue weighted by molar-refractivity contribution is 5.83. The van der Waals surface area contributed by atoms with Crippen molar-refractivity contribution in [2.45, 2.75) is 77.7 Å². The third kappa shape index (κ3) is 3.92. The monoisotopic (exact) mass is 364 g/mol. The van der Waals surface area contributed by atoms with Crippen LogP contribution in [0, 0.1) is 18.8 Å². The molecule has 1 aromatic heterocycles. The van der Waals surface area contributed by atoms with Crippen molar-refractivity contribution >= 4 is 10.9 Å². The molecule has 146 valence electrons. The zero-order valence-electron chi connectivity index (χ0n) is 17.7. The van der Waals surface area contributed by atoms with Gasteiger partial charge in [0.05, 0.1) is 5.52 Å². The van der Waals surface area contributed by atoms with Crippen LogP contribution in [0.2, 0.25) is 0 Å². The largest absolute Gasteiger partial charge is 0.300 e. The molecule has 2 aliphatic heterocycles. The molecule has 0 radical (unpaired) electrons. The fourth-order valence-corrected chi connectivity index (χ4v) is 5.63. The number of piperidine rings is 1. The Bertz CT molecular complexity index is 794. The van der Waals surface area contributed by atoms with Gasteiger partial charge in [-0.2, -0.15) is 0 Å². The van der Waals surface area contributed by atoms with Crippen LogP contribution in [0.4, 0.5) is 0 Å². The summed E-state index contributed by atoms with van der Waals surface area (Å²) in [7, 11) is 0. The maximum Gasteiger partial charge on any atom is 0.0708 e. The first-order chi connectivity index (χ1) is 13.0. The minimum Gasteiger partial charge on any atom is -0.300 e. The standard InChI is InChI=1S/C25H36N2/c1-5-19-15-20-10-11-21(16-19)27(17-20)13-12-25(3,4)23-14-18(2)26-24-9-7-6-8-22(23)24/h6-9,14,19-21H,5,10-13,15-17H2,1-4H3. The van der Waals surface area contributed by atoms with E-state index in [0.717, 1.165) is 29.1 Å². The molecule has 5 rings (SSSR count). The molecule has 3 aliphatic rings. The Morgan fingerprint density at radius 1 is 1.15 bits per heavy atom. The van der Waals surface area contributed by atoms with Gasteiger partial charge in [0.2, 0.25) is 0 Å². The summed E-state index contributed by atoms with van der Waals surface area (Å²) in [4.78, 5) is 7.60. The van der Waals surface area contributed by atoms with Crippen molar-refractivity contribution in [3.05, 3.63) is 41.6 Å². The van der Waals surface area contributed by atoms with E-state index in [1.165, 1.54) is 62.6 Å². The number of aromatic nitrogens is 1. The Balaban J connectivity index is 1.53. The van der Waals surface area contributed by atoms with Gasteiger partial charge in [-0.15, -0.1) is 0 Å². The molecule has 27 heavy (non-hydrogen) atoms. The lowest BCUT2D eigenvalue weighted by atomic mass is 9.79. The smallest absolute Gasteiger partial charge is 0.0708 e. The highest BCUT2D eigenvalue weighted by Crippen LogP contribution is 2.39. The van der Waals surface area contributed by atoms with Gasteiger partial charge in [0, 0.05) is 23.7 Å². The number of para-hydroxylation sites is 1. The van der Waals surface area contributed by atoms with Crippen LogP contribution in [0.5, 0.6) is 0 Å². The molecule has 3 fully saturated rings. The Labute approximate surface area is 165 Å². The lowest BCUT2D eigenvalue weighted by Gasteiger charge is -2.39. The minimum atomic E-state index is 0.170. The lowest BCUT2D eigenvalue weighted by molar-refractivity contribution is 0.114. The summed E-state index contributed by atoms with van der Waals surface area (Å²) in [6.07, 6.45) is 8.40. The van der Waals surface area contributed by atoms with Crippen LogP contribution >= 0.6 is 0 Å². The molecule has 2 bridgehead atoms. The molecule has 0 amide bonds. The highest BCUT2D eigenvalue weighted by atomic mass is 15.2. The Kier molecular flexibility index (Phi) is 5.29. The van der Waals surface area contributed by atoms with Crippen molar-refractivity contribution in [2.75, 3.05) is 13.1 Å². The third-order valence-electron chi connectivity index (χ3n) is 7.36. The summed E-state index contributed by atoms with van der Waals surface area (Å²) in [5.41, 5.74) is 3.91. The minimum absolute atomic E-state index is 0.170. The molecule has 1 saturated carbocycles. The second kappa shape index (κ2) is 7.54. The van der Waals surface area contributed by atoms with Gasteiger partial charge >= 0.3 is 0 Å². The number of rotatable bonds is 5. The molecular weight excluding hydrogens is 328 g/mol. The second-order valence-corrected chi connectivity index (χ2v) is 9.80. The topological polar surface area (TPSA) is 16.1 Å². The Hall–Kier alpha value is -1.41. The van der Waals surface area contributed by atoms with E-state index in [1.807, 2.05) is 0 Å². The molecule has 0 spiro atoms. The first-order valence-corrected chi connectivity index (χ1v) is 11.1. The zero-order valence-corrected chi connectivity index (χ0v) is 17.7. The number of hydrogen-bond donors (Lipinski definition) is 0. The summed E-state index contributed by atoms with van der Waals surface area (Å²) in [5.74, 6) is 1.91. The summed E-state index contributed by atoms with van der Waals surface area (Å²) in [6, 6.07) is 11.8. The van der Waals surface area contributed by atoms with Crippen LogP contribution in [0.1, 0.15) is 70.6 Å². The maximum atomic E-state index is 4.75. The van der Waals surface area contributed by atoms with Gasteiger partial charge in [0.1, 0.15) is 0 Å². The quantitative estimate of drug-likeness (QED) is 0.636. The van der Waals surface area contributed by atoms with Crippen molar-refractivity contribution in [3.63, 3.8) is 0 Å². The van der Waals surface area contributed by atoms with E-state index >= 15 is 0 Å². The summed E-state index contributed by atoms with van der Waals surface area (Å²) in [6.45, 7) is 12.0. The second-order valence-electron chi connectivity index (χ2n) is 9.80. The van der Waals surface area contributed by atoms with Crippen LogP contribution < -0.4 is 0 Å². The van der Waals surface area contributed by atoms with Crippen molar-refractivity contribution in [3.8, 4) is 0 Å². The lowest BCUT2D eigenvalue weighted by Crippen LogP contribution is -2.43. The summed E-state index contributed by atoms with van der Waals surface area (Å²) < 4.78 is 0. The molecule has 0 N–H and O–H groups in total. The van der Waals surface area contributed by atoms with E-state index in [9.17, 15) is 0 Å². The predicted octanol–water partition coefficient (Wildman–Crippen LogP) is 6.11. The van der Waals surface area contributed by atoms with Gasteiger partial charge in [-0.3, -0.25) is 4.98 Å².